The molecule has 0 spiro atoms. The summed E-state index contributed by atoms with van der Waals surface area (Å²) < 4.78 is 1.08. The first-order valence-corrected chi connectivity index (χ1v) is 11.0. The van der Waals surface area contributed by atoms with E-state index in [2.05, 4.69) is 6.92 Å². The molecule has 3 aromatic carbocycles. The molecule has 0 atom stereocenters. The topological polar surface area (TPSA) is 33.2 Å². The van der Waals surface area contributed by atoms with E-state index < -0.39 is 0 Å². The number of thioether (sulfide) groups is 1. The smallest absolute Gasteiger partial charge is 0.260 e. The second-order valence-electron chi connectivity index (χ2n) is 6.30. The highest BCUT2D eigenvalue weighted by Crippen LogP contribution is 2.31. The fourth-order valence-corrected chi connectivity index (χ4v) is 4.61. The Morgan fingerprint density at radius 3 is 2.39 bits per heavy atom. The van der Waals surface area contributed by atoms with Crippen molar-refractivity contribution in [2.45, 2.75) is 18.4 Å². The number of aromatic nitrogens is 1. The SMILES string of the molecule is CCSc1ccc(C(=O)N(Cc2ccccc2)c2nc3ccccc3s2)cc1. The van der Waals surface area contributed by atoms with Crippen LogP contribution in [0.25, 0.3) is 10.2 Å². The molecule has 5 heteroatoms. The highest BCUT2D eigenvalue weighted by molar-refractivity contribution is 7.99. The van der Waals surface area contributed by atoms with Crippen LogP contribution in [0, 0.1) is 0 Å². The molecule has 1 aromatic heterocycles. The fourth-order valence-electron chi connectivity index (χ4n) is 2.98. The summed E-state index contributed by atoms with van der Waals surface area (Å²) >= 11 is 3.32. The van der Waals surface area contributed by atoms with E-state index in [9.17, 15) is 4.79 Å². The van der Waals surface area contributed by atoms with Crippen molar-refractivity contribution in [3.05, 3.63) is 90.0 Å². The van der Waals surface area contributed by atoms with Gasteiger partial charge in [0.05, 0.1) is 16.8 Å². The van der Waals surface area contributed by atoms with E-state index in [1.165, 1.54) is 4.90 Å². The summed E-state index contributed by atoms with van der Waals surface area (Å²) in [5, 5.41) is 0.724. The largest absolute Gasteiger partial charge is 0.279 e. The molecule has 0 radical (unpaired) electrons. The van der Waals surface area contributed by atoms with Gasteiger partial charge in [-0.25, -0.2) is 4.98 Å². The third kappa shape index (κ3) is 4.11. The van der Waals surface area contributed by atoms with Crippen LogP contribution >= 0.6 is 23.1 Å². The summed E-state index contributed by atoms with van der Waals surface area (Å²) in [6, 6.07) is 25.9. The van der Waals surface area contributed by atoms with E-state index in [1.54, 1.807) is 28.0 Å². The van der Waals surface area contributed by atoms with Gasteiger partial charge in [0, 0.05) is 10.5 Å². The van der Waals surface area contributed by atoms with Gasteiger partial charge in [-0.2, -0.15) is 0 Å². The van der Waals surface area contributed by atoms with Crippen LogP contribution in [0.15, 0.2) is 83.8 Å². The Morgan fingerprint density at radius 2 is 1.68 bits per heavy atom. The van der Waals surface area contributed by atoms with E-state index >= 15 is 0 Å². The van der Waals surface area contributed by atoms with Gasteiger partial charge in [0.2, 0.25) is 0 Å². The minimum atomic E-state index is -0.0315. The molecule has 28 heavy (non-hydrogen) atoms. The number of carbonyl (C=O) groups is 1. The molecule has 0 N–H and O–H groups in total. The number of benzene rings is 3. The molecule has 0 aliphatic rings. The maximum Gasteiger partial charge on any atom is 0.260 e. The first-order chi connectivity index (χ1) is 13.7. The van der Waals surface area contributed by atoms with Crippen LogP contribution in [-0.4, -0.2) is 16.6 Å². The van der Waals surface area contributed by atoms with Crippen molar-refractivity contribution >= 4 is 44.4 Å². The van der Waals surface area contributed by atoms with E-state index in [1.807, 2.05) is 78.9 Å². The molecule has 1 amide bonds. The summed E-state index contributed by atoms with van der Waals surface area (Å²) in [4.78, 5) is 21.1. The van der Waals surface area contributed by atoms with E-state index in [4.69, 9.17) is 4.98 Å². The first kappa shape index (κ1) is 18.7. The van der Waals surface area contributed by atoms with Crippen molar-refractivity contribution in [1.82, 2.24) is 4.98 Å². The maximum atomic E-state index is 13.4. The molecule has 0 saturated carbocycles. The molecule has 1 heterocycles. The molecule has 0 bridgehead atoms. The van der Waals surface area contributed by atoms with E-state index in [0.717, 1.165) is 26.7 Å². The molecular formula is C23H20N2OS2. The van der Waals surface area contributed by atoms with Gasteiger partial charge in [0.25, 0.3) is 5.91 Å². The number of anilines is 1. The highest BCUT2D eigenvalue weighted by atomic mass is 32.2. The third-order valence-electron chi connectivity index (χ3n) is 4.35. The maximum absolute atomic E-state index is 13.4. The Hall–Kier alpha value is -2.63. The fraction of sp³-hybridized carbons (Fsp3) is 0.130. The minimum absolute atomic E-state index is 0.0315. The van der Waals surface area contributed by atoms with Gasteiger partial charge < -0.3 is 0 Å². The van der Waals surface area contributed by atoms with Crippen molar-refractivity contribution in [3.8, 4) is 0 Å². The Kier molecular flexibility index (Phi) is 5.74. The average molecular weight is 405 g/mol. The van der Waals surface area contributed by atoms with Crippen molar-refractivity contribution in [2.24, 2.45) is 0 Å². The Bertz CT molecular complexity index is 1040. The zero-order chi connectivity index (χ0) is 19.3. The molecule has 0 unspecified atom stereocenters. The number of hydrogen-bond acceptors (Lipinski definition) is 4. The number of rotatable bonds is 6. The van der Waals surface area contributed by atoms with Crippen LogP contribution in [0.5, 0.6) is 0 Å². The van der Waals surface area contributed by atoms with Crippen LogP contribution in [0.3, 0.4) is 0 Å². The molecule has 0 aliphatic heterocycles. The lowest BCUT2D eigenvalue weighted by molar-refractivity contribution is 0.0985. The summed E-state index contributed by atoms with van der Waals surface area (Å²) in [7, 11) is 0. The van der Waals surface area contributed by atoms with Crippen molar-refractivity contribution < 1.29 is 4.79 Å². The predicted octanol–water partition coefficient (Wildman–Crippen LogP) is 6.26. The van der Waals surface area contributed by atoms with E-state index in [0.29, 0.717) is 12.1 Å². The Morgan fingerprint density at radius 1 is 0.964 bits per heavy atom. The predicted molar refractivity (Wildman–Crippen MR) is 119 cm³/mol. The zero-order valence-corrected chi connectivity index (χ0v) is 17.2. The van der Waals surface area contributed by atoms with Crippen LogP contribution in [-0.2, 0) is 6.54 Å². The lowest BCUT2D eigenvalue weighted by atomic mass is 10.1. The summed E-state index contributed by atoms with van der Waals surface area (Å²) in [6.45, 7) is 2.61. The highest BCUT2D eigenvalue weighted by Gasteiger charge is 2.21. The number of fused-ring (bicyclic) bond motifs is 1. The number of carbonyl (C=O) groups excluding carboxylic acids is 1. The van der Waals surface area contributed by atoms with Crippen LogP contribution in [0.4, 0.5) is 5.13 Å². The van der Waals surface area contributed by atoms with Crippen molar-refractivity contribution in [1.29, 1.82) is 0 Å². The minimum Gasteiger partial charge on any atom is -0.279 e. The van der Waals surface area contributed by atoms with Gasteiger partial charge >= 0.3 is 0 Å². The molecular weight excluding hydrogens is 384 g/mol. The zero-order valence-electron chi connectivity index (χ0n) is 15.5. The molecule has 4 aromatic rings. The molecule has 0 fully saturated rings. The van der Waals surface area contributed by atoms with Gasteiger partial charge in [0.1, 0.15) is 0 Å². The Balaban J connectivity index is 1.70. The van der Waals surface area contributed by atoms with Crippen LogP contribution in [0.2, 0.25) is 0 Å². The van der Waals surface area contributed by atoms with Gasteiger partial charge in [0.15, 0.2) is 5.13 Å². The quantitative estimate of drug-likeness (QED) is 0.356. The van der Waals surface area contributed by atoms with Gasteiger partial charge in [-0.1, -0.05) is 60.7 Å². The molecule has 0 aliphatic carbocycles. The van der Waals surface area contributed by atoms with Crippen molar-refractivity contribution in [3.63, 3.8) is 0 Å². The standard InChI is InChI=1S/C23H20N2OS2/c1-2-27-19-14-12-18(13-15-19)22(26)25(16-17-8-4-3-5-9-17)23-24-20-10-6-7-11-21(20)28-23/h3-15H,2,16H2,1H3. The molecule has 3 nitrogen and oxygen atoms in total. The van der Waals surface area contributed by atoms with E-state index in [-0.39, 0.29) is 5.91 Å². The van der Waals surface area contributed by atoms with Gasteiger partial charge in [-0.3, -0.25) is 9.69 Å². The van der Waals surface area contributed by atoms with Crippen molar-refractivity contribution in [2.75, 3.05) is 10.7 Å². The second-order valence-corrected chi connectivity index (χ2v) is 8.64. The lowest BCUT2D eigenvalue weighted by Crippen LogP contribution is -2.30. The third-order valence-corrected chi connectivity index (χ3v) is 6.31. The average Bonchev–Trinajstić information content (AvgIpc) is 3.17. The summed E-state index contributed by atoms with van der Waals surface area (Å²) in [6.07, 6.45) is 0. The monoisotopic (exact) mass is 404 g/mol. The van der Waals surface area contributed by atoms with Gasteiger partial charge in [-0.05, 0) is 47.7 Å². The lowest BCUT2D eigenvalue weighted by Gasteiger charge is -2.20. The normalized spacial score (nSPS) is 10.9. The number of hydrogen-bond donors (Lipinski definition) is 0. The number of nitrogens with zero attached hydrogens (tertiary/aromatic N) is 2. The van der Waals surface area contributed by atoms with Crippen LogP contribution in [0.1, 0.15) is 22.8 Å². The first-order valence-electron chi connectivity index (χ1n) is 9.19. The molecule has 0 saturated heterocycles. The molecule has 140 valence electrons. The van der Waals surface area contributed by atoms with Crippen LogP contribution < -0.4 is 4.90 Å². The summed E-state index contributed by atoms with van der Waals surface area (Å²) in [5.74, 6) is 0.982. The van der Waals surface area contributed by atoms with Gasteiger partial charge in [-0.15, -0.1) is 11.8 Å². The number of para-hydroxylation sites is 1. The Labute approximate surface area is 173 Å². The number of thiazole rings is 1. The summed E-state index contributed by atoms with van der Waals surface area (Å²) in [5.41, 5.74) is 2.67. The molecule has 4 rings (SSSR count). The number of amides is 1. The second kappa shape index (κ2) is 8.59.